The van der Waals surface area contributed by atoms with Crippen LogP contribution in [0.1, 0.15) is 0 Å². The van der Waals surface area contributed by atoms with Crippen LogP contribution in [0, 0.1) is 7.11 Å². The van der Waals surface area contributed by atoms with Crippen molar-refractivity contribution in [2.24, 2.45) is 0 Å². The molecule has 0 saturated heterocycles. The summed E-state index contributed by atoms with van der Waals surface area (Å²) in [6, 6.07) is 0. The normalized spacial score (nSPS) is 6.00. The molecule has 7 heavy (non-hydrogen) atoms. The summed E-state index contributed by atoms with van der Waals surface area (Å²) in [6.45, 7) is 0. The molecule has 0 fully saturated rings. The van der Waals surface area contributed by atoms with Gasteiger partial charge in [-0.3, -0.25) is 0 Å². The van der Waals surface area contributed by atoms with E-state index in [2.05, 4.69) is 17.2 Å². The molecule has 4 heteroatoms. The van der Waals surface area contributed by atoms with Gasteiger partial charge in [0, 0.05) is 39.8 Å². The van der Waals surface area contributed by atoms with Crippen LogP contribution in [-0.4, -0.2) is 13.1 Å². The monoisotopic (exact) mass is 177 g/mol. The summed E-state index contributed by atoms with van der Waals surface area (Å²) in [7, 11) is 4.31. The number of carbonyl (C=O) groups is 1. The first-order chi connectivity index (χ1) is 2.81. The maximum Gasteiger partial charge on any atom is 0.374 e. The summed E-state index contributed by atoms with van der Waals surface area (Å²) in [6.07, 6.45) is -0.519. The third-order valence-corrected chi connectivity index (χ3v) is 0.335. The van der Waals surface area contributed by atoms with E-state index in [0.29, 0.717) is 0 Å². The maximum absolute atomic E-state index is 9.78. The quantitative estimate of drug-likeness (QED) is 0.534. The van der Waals surface area contributed by atoms with Crippen LogP contribution in [0.4, 0.5) is 4.79 Å². The molecular weight excluding hydrogens is 171 g/mol. The van der Waals surface area contributed by atoms with E-state index in [1.165, 1.54) is 7.05 Å². The molecule has 0 rings (SSSR count). The van der Waals surface area contributed by atoms with E-state index in [1.807, 2.05) is 0 Å². The molecule has 0 heterocycles. The van der Waals surface area contributed by atoms with Crippen molar-refractivity contribution in [3.8, 4) is 0 Å². The molecule has 1 amide bonds. The molecule has 0 atom stereocenters. The standard InChI is InChI=1S/C3H6NO2.Y/c1-4-3(5)6-2;/h2H2,1H3,(H,4,5);/q-1;. The molecule has 0 aliphatic rings. The van der Waals surface area contributed by atoms with Crippen LogP contribution >= 0.6 is 0 Å². The fourth-order valence-corrected chi connectivity index (χ4v) is 0.0722. The van der Waals surface area contributed by atoms with Crippen molar-refractivity contribution in [3.63, 3.8) is 0 Å². The first-order valence-electron chi connectivity index (χ1n) is 1.45. The van der Waals surface area contributed by atoms with Gasteiger partial charge in [0.2, 0.25) is 0 Å². The third-order valence-electron chi connectivity index (χ3n) is 0.335. The van der Waals surface area contributed by atoms with Gasteiger partial charge in [0.25, 0.3) is 0 Å². The minimum Gasteiger partial charge on any atom is -0.624 e. The average Bonchev–Trinajstić information content (AvgIpc) is 1.65. The summed E-state index contributed by atoms with van der Waals surface area (Å²) in [4.78, 5) is 9.78. The fraction of sp³-hybridized carbons (Fsp3) is 0.333. The van der Waals surface area contributed by atoms with Gasteiger partial charge in [0.1, 0.15) is 0 Å². The summed E-state index contributed by atoms with van der Waals surface area (Å²) in [5.74, 6) is 0. The van der Waals surface area contributed by atoms with Crippen molar-refractivity contribution in [3.05, 3.63) is 7.11 Å². The maximum atomic E-state index is 9.78. The Kier molecular flexibility index (Phi) is 9.45. The molecule has 1 N–H and O–H groups in total. The van der Waals surface area contributed by atoms with Crippen LogP contribution in [-0.2, 0) is 37.4 Å². The molecule has 39 valence electrons. The molecule has 0 spiro atoms. The Balaban J connectivity index is 0. The van der Waals surface area contributed by atoms with Crippen LogP contribution in [0.15, 0.2) is 0 Å². The minimum atomic E-state index is -0.519. The molecular formula is C3H6NO2Y-. The van der Waals surface area contributed by atoms with Crippen molar-refractivity contribution in [2.45, 2.75) is 0 Å². The van der Waals surface area contributed by atoms with Gasteiger partial charge in [-0.2, -0.15) is 7.11 Å². The second kappa shape index (κ2) is 6.37. The van der Waals surface area contributed by atoms with Gasteiger partial charge in [-0.25, -0.2) is 4.79 Å². The number of amides is 1. The van der Waals surface area contributed by atoms with E-state index in [1.54, 1.807) is 0 Å². The molecule has 0 unspecified atom stereocenters. The van der Waals surface area contributed by atoms with Crippen molar-refractivity contribution in [2.75, 3.05) is 7.05 Å². The Morgan fingerprint density at radius 3 is 2.29 bits per heavy atom. The van der Waals surface area contributed by atoms with Gasteiger partial charge < -0.3 is 10.1 Å². The summed E-state index contributed by atoms with van der Waals surface area (Å²) in [5, 5.41) is 2.19. The Morgan fingerprint density at radius 1 is 1.86 bits per heavy atom. The van der Waals surface area contributed by atoms with Gasteiger partial charge in [-0.05, 0) is 0 Å². The molecule has 1 radical (unpaired) electrons. The Morgan fingerprint density at radius 2 is 2.29 bits per heavy atom. The van der Waals surface area contributed by atoms with Crippen LogP contribution in [0.5, 0.6) is 0 Å². The summed E-state index contributed by atoms with van der Waals surface area (Å²) < 4.78 is 3.90. The second-order valence-corrected chi connectivity index (χ2v) is 0.682. The van der Waals surface area contributed by atoms with Gasteiger partial charge in [0.15, 0.2) is 0 Å². The number of rotatable bonds is 0. The molecule has 0 aromatic carbocycles. The first-order valence-corrected chi connectivity index (χ1v) is 1.45. The van der Waals surface area contributed by atoms with Crippen molar-refractivity contribution < 1.29 is 42.2 Å². The van der Waals surface area contributed by atoms with Gasteiger partial charge >= 0.3 is 6.09 Å². The number of alkyl carbamates (subject to hydrolysis) is 1. The third kappa shape index (κ3) is 6.37. The molecule has 0 saturated carbocycles. The Hall–Kier alpha value is 0.374. The fourth-order valence-electron chi connectivity index (χ4n) is 0.0722. The molecule has 0 aliphatic heterocycles. The zero-order chi connectivity index (χ0) is 4.99. The zero-order valence-electron chi connectivity index (χ0n) is 4.10. The van der Waals surface area contributed by atoms with Crippen molar-refractivity contribution in [1.29, 1.82) is 0 Å². The van der Waals surface area contributed by atoms with E-state index < -0.39 is 6.09 Å². The minimum absolute atomic E-state index is 0. The van der Waals surface area contributed by atoms with Crippen molar-refractivity contribution >= 4 is 6.09 Å². The number of hydrogen-bond donors (Lipinski definition) is 1. The molecule has 0 aromatic rings. The van der Waals surface area contributed by atoms with Gasteiger partial charge in [-0.1, -0.05) is 0 Å². The summed E-state index contributed by atoms with van der Waals surface area (Å²) >= 11 is 0. The van der Waals surface area contributed by atoms with Crippen molar-refractivity contribution in [1.82, 2.24) is 5.32 Å². The number of carbonyl (C=O) groups excluding carboxylic acids is 1. The molecule has 3 nitrogen and oxygen atoms in total. The molecule has 0 aliphatic carbocycles. The van der Waals surface area contributed by atoms with E-state index in [0.717, 1.165) is 0 Å². The van der Waals surface area contributed by atoms with Gasteiger partial charge in [-0.15, -0.1) is 0 Å². The smallest absolute Gasteiger partial charge is 0.374 e. The Bertz CT molecular complexity index is 50.9. The van der Waals surface area contributed by atoms with Crippen LogP contribution in [0.2, 0.25) is 0 Å². The van der Waals surface area contributed by atoms with E-state index in [-0.39, 0.29) is 32.7 Å². The van der Waals surface area contributed by atoms with Crippen LogP contribution in [0.25, 0.3) is 0 Å². The van der Waals surface area contributed by atoms with Crippen LogP contribution < -0.4 is 5.32 Å². The summed E-state index contributed by atoms with van der Waals surface area (Å²) in [5.41, 5.74) is 0. The zero-order valence-corrected chi connectivity index (χ0v) is 6.94. The molecule has 0 aromatic heterocycles. The Labute approximate surface area is 67.7 Å². The second-order valence-electron chi connectivity index (χ2n) is 0.682. The largest absolute Gasteiger partial charge is 0.624 e. The average molecular weight is 177 g/mol. The number of ether oxygens (including phenoxy) is 1. The topological polar surface area (TPSA) is 38.3 Å². The number of nitrogens with one attached hydrogen (secondary N) is 1. The van der Waals surface area contributed by atoms with Gasteiger partial charge in [0.05, 0.1) is 0 Å². The number of hydrogen-bond acceptors (Lipinski definition) is 2. The predicted molar refractivity (Wildman–Crippen MR) is 20.9 cm³/mol. The predicted octanol–water partition coefficient (Wildman–Crippen LogP) is 0.131. The van der Waals surface area contributed by atoms with E-state index in [9.17, 15) is 4.79 Å². The SMILES string of the molecule is [CH2-]OC(=O)NC.[Y]. The van der Waals surface area contributed by atoms with Crippen LogP contribution in [0.3, 0.4) is 0 Å². The molecule has 0 bridgehead atoms. The van der Waals surface area contributed by atoms with E-state index in [4.69, 9.17) is 0 Å². The first kappa shape index (κ1) is 10.4. The van der Waals surface area contributed by atoms with E-state index >= 15 is 0 Å².